The molecular weight excluding hydrogens is 342 g/mol. The van der Waals surface area contributed by atoms with Crippen LogP contribution in [0.15, 0.2) is 71.8 Å². The first-order valence-electron chi connectivity index (χ1n) is 8.39. The molecule has 3 aromatic carbocycles. The highest BCUT2D eigenvalue weighted by Gasteiger charge is 2.12. The van der Waals surface area contributed by atoms with Crippen molar-refractivity contribution in [2.75, 3.05) is 7.11 Å². The number of hydrogen-bond donors (Lipinski definition) is 2. The van der Waals surface area contributed by atoms with Crippen LogP contribution in [0.3, 0.4) is 0 Å². The maximum atomic E-state index is 11.9. The number of rotatable bonds is 5. The quantitative estimate of drug-likeness (QED) is 0.416. The van der Waals surface area contributed by atoms with Crippen LogP contribution in [0.5, 0.6) is 5.75 Å². The smallest absolute Gasteiger partial charge is 0.329 e. The summed E-state index contributed by atoms with van der Waals surface area (Å²) in [5, 5.41) is 8.53. The second-order valence-electron chi connectivity index (χ2n) is 5.80. The molecule has 0 radical (unpaired) electrons. The number of carbonyl (C=O) groups is 2. The van der Waals surface area contributed by atoms with E-state index in [0.29, 0.717) is 0 Å². The number of hydrogen-bond acceptors (Lipinski definition) is 4. The topological polar surface area (TPSA) is 79.8 Å². The molecule has 3 rings (SSSR count). The van der Waals surface area contributed by atoms with Crippen molar-refractivity contribution in [1.29, 1.82) is 0 Å². The van der Waals surface area contributed by atoms with E-state index >= 15 is 0 Å². The van der Waals surface area contributed by atoms with Gasteiger partial charge in [0.15, 0.2) is 0 Å². The normalized spacial score (nSPS) is 10.7. The maximum absolute atomic E-state index is 11.9. The predicted octanol–water partition coefficient (Wildman–Crippen LogP) is 2.61. The van der Waals surface area contributed by atoms with Gasteiger partial charge in [0.1, 0.15) is 5.75 Å². The summed E-state index contributed by atoms with van der Waals surface area (Å²) >= 11 is 0. The van der Waals surface area contributed by atoms with Crippen molar-refractivity contribution in [3.05, 3.63) is 77.9 Å². The molecule has 6 nitrogen and oxygen atoms in total. The number of carbonyl (C=O) groups excluding carboxylic acids is 2. The van der Waals surface area contributed by atoms with Crippen molar-refractivity contribution in [2.24, 2.45) is 5.10 Å². The van der Waals surface area contributed by atoms with Gasteiger partial charge in [-0.05, 0) is 28.5 Å². The van der Waals surface area contributed by atoms with Gasteiger partial charge in [0.25, 0.3) is 0 Å². The van der Waals surface area contributed by atoms with Gasteiger partial charge in [-0.2, -0.15) is 5.10 Å². The Morgan fingerprint density at radius 2 is 1.70 bits per heavy atom. The Morgan fingerprint density at radius 3 is 2.48 bits per heavy atom. The van der Waals surface area contributed by atoms with Crippen LogP contribution in [-0.2, 0) is 16.1 Å². The van der Waals surface area contributed by atoms with E-state index in [4.69, 9.17) is 4.74 Å². The van der Waals surface area contributed by atoms with E-state index in [1.165, 1.54) is 6.21 Å². The van der Waals surface area contributed by atoms with Gasteiger partial charge in [0.05, 0.1) is 13.3 Å². The number of methoxy groups -OCH3 is 1. The molecule has 0 aliphatic carbocycles. The fourth-order valence-electron chi connectivity index (χ4n) is 2.58. The van der Waals surface area contributed by atoms with Gasteiger partial charge in [-0.1, -0.05) is 54.6 Å². The Labute approximate surface area is 156 Å². The predicted molar refractivity (Wildman–Crippen MR) is 105 cm³/mol. The first-order valence-corrected chi connectivity index (χ1v) is 8.39. The van der Waals surface area contributed by atoms with E-state index in [1.807, 2.05) is 54.6 Å². The van der Waals surface area contributed by atoms with Crippen LogP contribution >= 0.6 is 0 Å². The van der Waals surface area contributed by atoms with Crippen molar-refractivity contribution in [3.63, 3.8) is 0 Å². The molecule has 0 aliphatic heterocycles. The maximum Gasteiger partial charge on any atom is 0.329 e. The molecule has 0 atom stereocenters. The standard InChI is InChI=1S/C21H19N3O3/c1-27-18-11-9-15(10-12-18)13-22-20(25)21(26)24-23-14-17-7-4-6-16-5-2-3-8-19(16)17/h2-12,14H,13H2,1H3,(H,22,25)(H,24,26)/b23-14-. The lowest BCUT2D eigenvalue weighted by Crippen LogP contribution is -2.37. The average Bonchev–Trinajstić information content (AvgIpc) is 2.72. The van der Waals surface area contributed by atoms with E-state index < -0.39 is 11.8 Å². The van der Waals surface area contributed by atoms with Gasteiger partial charge < -0.3 is 10.1 Å². The Morgan fingerprint density at radius 1 is 0.963 bits per heavy atom. The Hall–Kier alpha value is -3.67. The van der Waals surface area contributed by atoms with Crippen LogP contribution in [0.4, 0.5) is 0 Å². The first kappa shape index (κ1) is 18.1. The minimum absolute atomic E-state index is 0.239. The lowest BCUT2D eigenvalue weighted by atomic mass is 10.1. The number of nitrogens with one attached hydrogen (secondary N) is 2. The highest BCUT2D eigenvalue weighted by molar-refractivity contribution is 6.35. The van der Waals surface area contributed by atoms with Crippen molar-refractivity contribution in [3.8, 4) is 5.75 Å². The third-order valence-corrected chi connectivity index (χ3v) is 4.01. The van der Waals surface area contributed by atoms with Gasteiger partial charge in [-0.3, -0.25) is 9.59 Å². The molecule has 27 heavy (non-hydrogen) atoms. The van der Waals surface area contributed by atoms with E-state index in [9.17, 15) is 9.59 Å². The molecule has 0 saturated heterocycles. The van der Waals surface area contributed by atoms with E-state index in [1.54, 1.807) is 19.2 Å². The molecule has 0 aromatic heterocycles. The molecule has 0 heterocycles. The van der Waals surface area contributed by atoms with Crippen LogP contribution in [-0.4, -0.2) is 25.1 Å². The van der Waals surface area contributed by atoms with Crippen LogP contribution in [0.1, 0.15) is 11.1 Å². The molecule has 0 aliphatic rings. The lowest BCUT2D eigenvalue weighted by molar-refractivity contribution is -0.139. The van der Waals surface area contributed by atoms with E-state index in [2.05, 4.69) is 15.8 Å². The molecule has 0 saturated carbocycles. The first-order chi connectivity index (χ1) is 13.2. The number of hydrazone groups is 1. The fraction of sp³-hybridized carbons (Fsp3) is 0.0952. The lowest BCUT2D eigenvalue weighted by Gasteiger charge is -2.05. The summed E-state index contributed by atoms with van der Waals surface area (Å²) < 4.78 is 5.07. The van der Waals surface area contributed by atoms with Crippen LogP contribution < -0.4 is 15.5 Å². The Kier molecular flexibility index (Phi) is 5.79. The monoisotopic (exact) mass is 361 g/mol. The van der Waals surface area contributed by atoms with Crippen LogP contribution in [0.2, 0.25) is 0 Å². The molecule has 3 aromatic rings. The summed E-state index contributed by atoms with van der Waals surface area (Å²) in [6, 6.07) is 20.9. The summed E-state index contributed by atoms with van der Waals surface area (Å²) in [6.07, 6.45) is 1.52. The molecule has 2 amide bonds. The number of ether oxygens (including phenoxy) is 1. The van der Waals surface area contributed by atoms with Gasteiger partial charge in [-0.15, -0.1) is 0 Å². The number of fused-ring (bicyclic) bond motifs is 1. The van der Waals surface area contributed by atoms with Gasteiger partial charge in [0.2, 0.25) is 0 Å². The molecule has 0 unspecified atom stereocenters. The molecular formula is C21H19N3O3. The highest BCUT2D eigenvalue weighted by Crippen LogP contribution is 2.16. The SMILES string of the molecule is COc1ccc(CNC(=O)C(=O)N/N=C\c2cccc3ccccc23)cc1. The molecule has 136 valence electrons. The zero-order valence-electron chi connectivity index (χ0n) is 14.8. The summed E-state index contributed by atoms with van der Waals surface area (Å²) in [7, 11) is 1.58. The van der Waals surface area contributed by atoms with Gasteiger partial charge >= 0.3 is 11.8 Å². The second kappa shape index (κ2) is 8.62. The van der Waals surface area contributed by atoms with E-state index in [0.717, 1.165) is 27.6 Å². The van der Waals surface area contributed by atoms with Crippen molar-refractivity contribution >= 4 is 28.8 Å². The average molecular weight is 361 g/mol. The third-order valence-electron chi connectivity index (χ3n) is 4.01. The summed E-state index contributed by atoms with van der Waals surface area (Å²) in [6.45, 7) is 0.239. The molecule has 2 N–H and O–H groups in total. The van der Waals surface area contributed by atoms with Crippen molar-refractivity contribution < 1.29 is 14.3 Å². The largest absolute Gasteiger partial charge is 0.497 e. The third kappa shape index (κ3) is 4.70. The zero-order chi connectivity index (χ0) is 19.1. The minimum Gasteiger partial charge on any atom is -0.497 e. The minimum atomic E-state index is -0.819. The summed E-state index contributed by atoms with van der Waals surface area (Å²) in [4.78, 5) is 23.7. The van der Waals surface area contributed by atoms with E-state index in [-0.39, 0.29) is 6.54 Å². The second-order valence-corrected chi connectivity index (χ2v) is 5.80. The number of nitrogens with zero attached hydrogens (tertiary/aromatic N) is 1. The van der Waals surface area contributed by atoms with Crippen LogP contribution in [0.25, 0.3) is 10.8 Å². The molecule has 6 heteroatoms. The zero-order valence-corrected chi connectivity index (χ0v) is 14.8. The number of amides is 2. The Bertz CT molecular complexity index is 976. The molecule has 0 bridgehead atoms. The van der Waals surface area contributed by atoms with Gasteiger partial charge in [0, 0.05) is 12.1 Å². The van der Waals surface area contributed by atoms with Crippen molar-refractivity contribution in [2.45, 2.75) is 6.54 Å². The molecule has 0 fully saturated rings. The van der Waals surface area contributed by atoms with Crippen LogP contribution in [0, 0.1) is 0 Å². The fourth-order valence-corrected chi connectivity index (χ4v) is 2.58. The molecule has 0 spiro atoms. The number of benzene rings is 3. The summed E-state index contributed by atoms with van der Waals surface area (Å²) in [5.74, 6) is -0.841. The summed E-state index contributed by atoms with van der Waals surface area (Å²) in [5.41, 5.74) is 3.96. The van der Waals surface area contributed by atoms with Crippen molar-refractivity contribution in [1.82, 2.24) is 10.7 Å². The van der Waals surface area contributed by atoms with Gasteiger partial charge in [-0.25, -0.2) is 5.43 Å². The Balaban J connectivity index is 1.54. The highest BCUT2D eigenvalue weighted by atomic mass is 16.5.